The molecule has 19 heteroatoms. The monoisotopic (exact) mass is 1400 g/mol. The van der Waals surface area contributed by atoms with E-state index >= 15 is 0 Å². The summed E-state index contributed by atoms with van der Waals surface area (Å²) < 4.78 is 34.4. The van der Waals surface area contributed by atoms with Crippen LogP contribution in [0.15, 0.2) is 97.2 Å². The summed E-state index contributed by atoms with van der Waals surface area (Å²) in [4.78, 5) is 13.4. The van der Waals surface area contributed by atoms with Crippen molar-refractivity contribution in [1.29, 1.82) is 0 Å². The minimum absolute atomic E-state index is 0.241. The molecule has 0 saturated carbocycles. The van der Waals surface area contributed by atoms with Gasteiger partial charge in [0.25, 0.3) is 0 Å². The van der Waals surface area contributed by atoms with E-state index in [-0.39, 0.29) is 18.9 Å². The third kappa shape index (κ3) is 40.5. The molecule has 0 aliphatic carbocycles. The third-order valence-electron chi connectivity index (χ3n) is 18.9. The quantitative estimate of drug-likeness (QED) is 0.0199. The minimum atomic E-state index is -1.98. The van der Waals surface area contributed by atoms with Gasteiger partial charge in [-0.3, -0.25) is 4.79 Å². The Kier molecular flexibility index (Phi) is 54.5. The first kappa shape index (κ1) is 89.9. The highest BCUT2D eigenvalue weighted by molar-refractivity contribution is 5.76. The van der Waals surface area contributed by atoms with Crippen LogP contribution in [0.25, 0.3) is 0 Å². The Balaban J connectivity index is 1.31. The predicted octanol–water partition coefficient (Wildman–Crippen LogP) is 12.4. The van der Waals surface area contributed by atoms with E-state index in [1.54, 1.807) is 6.08 Å². The van der Waals surface area contributed by atoms with Crippen LogP contribution in [0.3, 0.4) is 0 Å². The van der Waals surface area contributed by atoms with E-state index in [0.717, 1.165) is 89.9 Å². The molecule has 0 aromatic carbocycles. The molecule has 3 fully saturated rings. The summed E-state index contributed by atoms with van der Waals surface area (Å²) in [6, 6.07) is -0.976. The van der Waals surface area contributed by atoms with Crippen molar-refractivity contribution in [3.63, 3.8) is 0 Å². The SMILES string of the molecule is CC/C=C\C/C=C\C/C=C\C/C=C\C/C=C\C/C=C\C/C=C\CCCCCCCCCCCCCCCCCCCC(=O)NC(COC1OC(CO)C(OC2OC(CO)C(OC3OC(CO)C(O)C(O)C3O)C(O)C2O)C(O)C1O)C(O)/C=C/CCCCCCCCCCCCCCC. The van der Waals surface area contributed by atoms with Crippen molar-refractivity contribution in [2.75, 3.05) is 26.4 Å². The first-order chi connectivity index (χ1) is 48.3. The van der Waals surface area contributed by atoms with Crippen LogP contribution < -0.4 is 5.32 Å². The molecule has 0 spiro atoms. The van der Waals surface area contributed by atoms with Crippen LogP contribution in [-0.2, 0) is 33.2 Å². The Labute approximate surface area is 596 Å². The van der Waals surface area contributed by atoms with Crippen molar-refractivity contribution >= 4 is 5.91 Å². The van der Waals surface area contributed by atoms with Gasteiger partial charge in [-0.25, -0.2) is 0 Å². The molecule has 0 aromatic rings. The topological polar surface area (TPSA) is 307 Å². The Bertz CT molecular complexity index is 2170. The van der Waals surface area contributed by atoms with Crippen LogP contribution in [0.2, 0.25) is 0 Å². The predicted molar refractivity (Wildman–Crippen MR) is 392 cm³/mol. The summed E-state index contributed by atoms with van der Waals surface area (Å²) in [6.45, 7) is 1.62. The molecule has 0 radical (unpaired) electrons. The Hall–Kier alpha value is -3.29. The maximum absolute atomic E-state index is 13.4. The average Bonchev–Trinajstić information content (AvgIpc) is 0.784. The summed E-state index contributed by atoms with van der Waals surface area (Å²) in [5.41, 5.74) is 0. The highest BCUT2D eigenvalue weighted by Gasteiger charge is 2.53. The highest BCUT2D eigenvalue weighted by Crippen LogP contribution is 2.33. The number of hydrogen-bond acceptors (Lipinski definition) is 18. The maximum Gasteiger partial charge on any atom is 0.220 e. The van der Waals surface area contributed by atoms with E-state index in [1.165, 1.54) is 154 Å². The first-order valence-electron chi connectivity index (χ1n) is 39.0. The number of hydrogen-bond donors (Lipinski definition) is 12. The Morgan fingerprint density at radius 2 is 0.697 bits per heavy atom. The van der Waals surface area contributed by atoms with Gasteiger partial charge >= 0.3 is 0 Å². The zero-order valence-electron chi connectivity index (χ0n) is 60.9. The zero-order valence-corrected chi connectivity index (χ0v) is 60.9. The largest absolute Gasteiger partial charge is 0.394 e. The molecular weight excluding hydrogens is 1260 g/mol. The van der Waals surface area contributed by atoms with Gasteiger partial charge in [0.2, 0.25) is 5.91 Å². The van der Waals surface area contributed by atoms with E-state index in [1.807, 2.05) is 6.08 Å². The molecule has 19 nitrogen and oxygen atoms in total. The number of rotatable bonds is 60. The van der Waals surface area contributed by atoms with Crippen molar-refractivity contribution in [2.24, 2.45) is 0 Å². The first-order valence-corrected chi connectivity index (χ1v) is 39.0. The number of allylic oxidation sites excluding steroid dienone is 15. The lowest BCUT2D eigenvalue weighted by Gasteiger charge is -2.48. The molecule has 17 atom stereocenters. The summed E-state index contributed by atoms with van der Waals surface area (Å²) in [6.07, 6.45) is 54.0. The standard InChI is InChI=1S/C80H139NO18/c1-3-5-7-9-11-13-15-17-19-20-21-22-23-24-25-26-27-28-29-30-31-32-33-34-35-36-37-38-39-40-41-42-44-46-48-50-52-54-56-58-68(86)81-63(64(85)57-55-53-51-49-47-45-43-18-16-14-12-10-8-6-4-2)62-94-78-74(92)71(89)76(66(60-83)96-78)99-80-75(93)72(90)77(67(61-84)97-80)98-79-73(91)70(88)69(87)65(59-82)95-79/h5,7,11,13,17,19,21-22,24-25,27-28,30-31,55,57,63-67,69-80,82-85,87-93H,3-4,6,8-10,12,14-16,18,20,23,26,29,32-54,56,58-62H2,1-2H3,(H,81,86)/b7-5-,13-11-,19-17-,22-21-,25-24-,28-27-,31-30-,57-55+. The third-order valence-corrected chi connectivity index (χ3v) is 18.9. The molecule has 572 valence electrons. The van der Waals surface area contributed by atoms with Gasteiger partial charge in [-0.15, -0.1) is 0 Å². The molecule has 3 rings (SSSR count). The molecule has 12 N–H and O–H groups in total. The number of aliphatic hydroxyl groups excluding tert-OH is 11. The number of aliphatic hydroxyl groups is 11. The summed E-state index contributed by atoms with van der Waals surface area (Å²) in [5.74, 6) is -0.276. The van der Waals surface area contributed by atoms with Crippen LogP contribution in [0.5, 0.6) is 0 Å². The number of nitrogens with one attached hydrogen (secondary N) is 1. The molecule has 1 amide bonds. The van der Waals surface area contributed by atoms with Gasteiger partial charge in [0.05, 0.1) is 38.6 Å². The number of ether oxygens (including phenoxy) is 6. The molecule has 0 aromatic heterocycles. The van der Waals surface area contributed by atoms with E-state index in [4.69, 9.17) is 28.4 Å². The zero-order chi connectivity index (χ0) is 71.8. The van der Waals surface area contributed by atoms with Crippen LogP contribution in [0.1, 0.15) is 271 Å². The summed E-state index contributed by atoms with van der Waals surface area (Å²) in [5, 5.41) is 121. The van der Waals surface area contributed by atoms with Crippen molar-refractivity contribution in [3.8, 4) is 0 Å². The van der Waals surface area contributed by atoms with Crippen LogP contribution >= 0.6 is 0 Å². The number of amides is 1. The molecule has 3 heterocycles. The van der Waals surface area contributed by atoms with Crippen LogP contribution in [0.4, 0.5) is 0 Å². The lowest BCUT2D eigenvalue weighted by molar-refractivity contribution is -0.379. The lowest BCUT2D eigenvalue weighted by atomic mass is 9.96. The maximum atomic E-state index is 13.4. The van der Waals surface area contributed by atoms with Crippen molar-refractivity contribution < 1.29 is 89.4 Å². The van der Waals surface area contributed by atoms with Gasteiger partial charge < -0.3 is 89.9 Å². The van der Waals surface area contributed by atoms with Gasteiger partial charge in [-0.05, 0) is 77.0 Å². The van der Waals surface area contributed by atoms with Gasteiger partial charge in [-0.1, -0.05) is 284 Å². The van der Waals surface area contributed by atoms with Crippen molar-refractivity contribution in [2.45, 2.75) is 375 Å². The van der Waals surface area contributed by atoms with Gasteiger partial charge in [0, 0.05) is 6.42 Å². The molecule has 3 saturated heterocycles. The summed E-state index contributed by atoms with van der Waals surface area (Å²) in [7, 11) is 0. The number of unbranched alkanes of at least 4 members (excludes halogenated alkanes) is 30. The average molecular weight is 1400 g/mol. The summed E-state index contributed by atoms with van der Waals surface area (Å²) >= 11 is 0. The molecule has 17 unspecified atom stereocenters. The van der Waals surface area contributed by atoms with Crippen LogP contribution in [0, 0.1) is 0 Å². The molecule has 3 aliphatic heterocycles. The Morgan fingerprint density at radius 1 is 0.374 bits per heavy atom. The highest BCUT2D eigenvalue weighted by atomic mass is 16.8. The minimum Gasteiger partial charge on any atom is -0.394 e. The van der Waals surface area contributed by atoms with Gasteiger partial charge in [0.1, 0.15) is 73.2 Å². The second-order valence-corrected chi connectivity index (χ2v) is 27.4. The van der Waals surface area contributed by atoms with E-state index in [2.05, 4.69) is 104 Å². The van der Waals surface area contributed by atoms with E-state index in [0.29, 0.717) is 6.42 Å². The van der Waals surface area contributed by atoms with E-state index < -0.39 is 124 Å². The second-order valence-electron chi connectivity index (χ2n) is 27.4. The number of carbonyl (C=O) groups is 1. The fraction of sp³-hybridized carbons (Fsp3) is 0.787. The van der Waals surface area contributed by atoms with Gasteiger partial charge in [-0.2, -0.15) is 0 Å². The Morgan fingerprint density at radius 3 is 1.09 bits per heavy atom. The fourth-order valence-corrected chi connectivity index (χ4v) is 12.6. The molecule has 3 aliphatic rings. The lowest BCUT2D eigenvalue weighted by Crippen LogP contribution is -2.66. The normalized spacial score (nSPS) is 27.1. The number of carbonyl (C=O) groups excluding carboxylic acids is 1. The van der Waals surface area contributed by atoms with Crippen molar-refractivity contribution in [3.05, 3.63) is 97.2 Å². The van der Waals surface area contributed by atoms with Gasteiger partial charge in [0.15, 0.2) is 18.9 Å². The fourth-order valence-electron chi connectivity index (χ4n) is 12.6. The van der Waals surface area contributed by atoms with E-state index in [9.17, 15) is 61.0 Å². The second kappa shape index (κ2) is 60.0. The molecule has 0 bridgehead atoms. The smallest absolute Gasteiger partial charge is 0.220 e. The van der Waals surface area contributed by atoms with Crippen molar-refractivity contribution in [1.82, 2.24) is 5.32 Å². The van der Waals surface area contributed by atoms with Crippen LogP contribution in [-0.4, -0.2) is 193 Å². The molecular formula is C80H139NO18. The molecule has 99 heavy (non-hydrogen) atoms.